The van der Waals surface area contributed by atoms with Gasteiger partial charge >= 0.3 is 0 Å². The Kier molecular flexibility index (Phi) is 4.67. The quantitative estimate of drug-likeness (QED) is 0.742. The molecule has 18 heavy (non-hydrogen) atoms. The number of hydrogen-bond donors (Lipinski definition) is 3. The lowest BCUT2D eigenvalue weighted by Crippen LogP contribution is -2.32. The zero-order chi connectivity index (χ0) is 13.7. The van der Waals surface area contributed by atoms with Gasteiger partial charge in [0.25, 0.3) is 0 Å². The number of hydrogen-bond acceptors (Lipinski definition) is 4. The smallest absolute Gasteiger partial charge is 0.241 e. The van der Waals surface area contributed by atoms with E-state index in [0.717, 1.165) is 0 Å². The van der Waals surface area contributed by atoms with E-state index in [9.17, 15) is 9.59 Å². The van der Waals surface area contributed by atoms with Crippen LogP contribution >= 0.6 is 0 Å². The van der Waals surface area contributed by atoms with E-state index in [1.165, 1.54) is 14.0 Å². The highest BCUT2D eigenvalue weighted by Gasteiger charge is 2.11. The van der Waals surface area contributed by atoms with Crippen molar-refractivity contribution in [1.29, 1.82) is 0 Å². The van der Waals surface area contributed by atoms with Crippen LogP contribution in [0.2, 0.25) is 0 Å². The van der Waals surface area contributed by atoms with E-state index in [0.29, 0.717) is 17.1 Å². The molecular formula is C12H17N3O3. The van der Waals surface area contributed by atoms with Gasteiger partial charge in [0.15, 0.2) is 0 Å². The second-order valence-electron chi connectivity index (χ2n) is 3.87. The summed E-state index contributed by atoms with van der Waals surface area (Å²) in [7, 11) is 1.48. The Morgan fingerprint density at radius 2 is 2.00 bits per heavy atom. The Morgan fingerprint density at radius 1 is 1.33 bits per heavy atom. The summed E-state index contributed by atoms with van der Waals surface area (Å²) in [6, 6.07) is 4.33. The van der Waals surface area contributed by atoms with Crippen molar-refractivity contribution in [1.82, 2.24) is 0 Å². The molecule has 0 bridgehead atoms. The summed E-state index contributed by atoms with van der Waals surface area (Å²) in [6.07, 6.45) is 0. The van der Waals surface area contributed by atoms with Gasteiger partial charge in [-0.2, -0.15) is 0 Å². The zero-order valence-electron chi connectivity index (χ0n) is 10.6. The minimum atomic E-state index is -0.607. The molecule has 0 saturated heterocycles. The first-order chi connectivity index (χ1) is 8.43. The molecule has 0 aromatic heterocycles. The summed E-state index contributed by atoms with van der Waals surface area (Å²) < 4.78 is 5.14. The van der Waals surface area contributed by atoms with Crippen LogP contribution in [-0.2, 0) is 9.59 Å². The number of carbonyl (C=O) groups is 2. The second-order valence-corrected chi connectivity index (χ2v) is 3.87. The number of nitrogens with two attached hydrogens (primary N) is 1. The highest BCUT2D eigenvalue weighted by atomic mass is 16.5. The Bertz CT molecular complexity index is 458. The van der Waals surface area contributed by atoms with Crippen molar-refractivity contribution in [2.24, 2.45) is 5.73 Å². The maximum atomic E-state index is 11.5. The van der Waals surface area contributed by atoms with E-state index < -0.39 is 6.04 Å². The predicted octanol–water partition coefficient (Wildman–Crippen LogP) is 0.939. The summed E-state index contributed by atoms with van der Waals surface area (Å²) in [5.74, 6) is -0.0275. The molecular weight excluding hydrogens is 234 g/mol. The number of carbonyl (C=O) groups excluding carboxylic acids is 2. The van der Waals surface area contributed by atoms with E-state index in [4.69, 9.17) is 10.5 Å². The van der Waals surface area contributed by atoms with Crippen molar-refractivity contribution in [2.75, 3.05) is 17.7 Å². The van der Waals surface area contributed by atoms with E-state index in [-0.39, 0.29) is 11.8 Å². The van der Waals surface area contributed by atoms with Crippen LogP contribution in [0, 0.1) is 0 Å². The van der Waals surface area contributed by atoms with Gasteiger partial charge in [-0.15, -0.1) is 0 Å². The largest absolute Gasteiger partial charge is 0.494 e. The molecule has 1 atom stereocenters. The zero-order valence-corrected chi connectivity index (χ0v) is 10.6. The van der Waals surface area contributed by atoms with Gasteiger partial charge in [0, 0.05) is 18.7 Å². The summed E-state index contributed by atoms with van der Waals surface area (Å²) in [5, 5.41) is 5.27. The minimum Gasteiger partial charge on any atom is -0.494 e. The van der Waals surface area contributed by atoms with Crippen LogP contribution in [0.4, 0.5) is 11.4 Å². The van der Waals surface area contributed by atoms with Gasteiger partial charge in [0.2, 0.25) is 11.8 Å². The first kappa shape index (κ1) is 14.0. The van der Waals surface area contributed by atoms with E-state index in [1.807, 2.05) is 0 Å². The molecule has 1 aromatic rings. The average Bonchev–Trinajstić information content (AvgIpc) is 2.30. The maximum Gasteiger partial charge on any atom is 0.241 e. The van der Waals surface area contributed by atoms with Gasteiger partial charge in [-0.25, -0.2) is 0 Å². The Hall–Kier alpha value is -2.08. The molecule has 6 heteroatoms. The Balaban J connectivity index is 2.93. The number of benzene rings is 1. The van der Waals surface area contributed by atoms with Crippen molar-refractivity contribution in [2.45, 2.75) is 19.9 Å². The van der Waals surface area contributed by atoms with Crippen LogP contribution < -0.4 is 21.1 Å². The van der Waals surface area contributed by atoms with E-state index in [1.54, 1.807) is 25.1 Å². The second kappa shape index (κ2) is 6.02. The molecule has 2 amide bonds. The SMILES string of the molecule is COc1cc(NC(C)=O)ccc1NC(=O)[C@@H](C)N. The van der Waals surface area contributed by atoms with Crippen LogP contribution in [0.1, 0.15) is 13.8 Å². The maximum absolute atomic E-state index is 11.5. The molecule has 4 N–H and O–H groups in total. The van der Waals surface area contributed by atoms with Gasteiger partial charge in [-0.05, 0) is 19.1 Å². The Morgan fingerprint density at radius 3 is 2.50 bits per heavy atom. The van der Waals surface area contributed by atoms with Crippen molar-refractivity contribution >= 4 is 23.2 Å². The fraction of sp³-hybridized carbons (Fsp3) is 0.333. The molecule has 98 valence electrons. The lowest BCUT2D eigenvalue weighted by Gasteiger charge is -2.13. The van der Waals surface area contributed by atoms with Crippen LogP contribution in [0.25, 0.3) is 0 Å². The number of anilines is 2. The van der Waals surface area contributed by atoms with Crippen LogP contribution in [0.5, 0.6) is 5.75 Å². The van der Waals surface area contributed by atoms with Gasteiger partial charge < -0.3 is 21.1 Å². The van der Waals surface area contributed by atoms with Crippen molar-refractivity contribution in [3.63, 3.8) is 0 Å². The first-order valence-electron chi connectivity index (χ1n) is 5.46. The molecule has 0 aliphatic rings. The number of rotatable bonds is 4. The lowest BCUT2D eigenvalue weighted by molar-refractivity contribution is -0.117. The molecule has 0 spiro atoms. The topological polar surface area (TPSA) is 93.5 Å². The summed E-state index contributed by atoms with van der Waals surface area (Å²) in [5.41, 5.74) is 6.56. The van der Waals surface area contributed by atoms with Gasteiger partial charge in [0.05, 0.1) is 18.8 Å². The molecule has 0 unspecified atom stereocenters. The van der Waals surface area contributed by atoms with Crippen LogP contribution in [0.3, 0.4) is 0 Å². The van der Waals surface area contributed by atoms with Crippen LogP contribution in [-0.4, -0.2) is 25.0 Å². The van der Waals surface area contributed by atoms with Crippen molar-refractivity contribution in [3.8, 4) is 5.75 Å². The number of methoxy groups -OCH3 is 1. The summed E-state index contributed by atoms with van der Waals surface area (Å²) in [4.78, 5) is 22.4. The average molecular weight is 251 g/mol. The van der Waals surface area contributed by atoms with Gasteiger partial charge in [-0.1, -0.05) is 0 Å². The van der Waals surface area contributed by atoms with E-state index >= 15 is 0 Å². The van der Waals surface area contributed by atoms with Crippen molar-refractivity contribution < 1.29 is 14.3 Å². The third-order valence-electron chi connectivity index (χ3n) is 2.19. The summed E-state index contributed by atoms with van der Waals surface area (Å²) in [6.45, 7) is 3.01. The molecule has 0 radical (unpaired) electrons. The monoisotopic (exact) mass is 251 g/mol. The standard InChI is InChI=1S/C12H17N3O3/c1-7(13)12(17)15-10-5-4-9(14-8(2)16)6-11(10)18-3/h4-7H,13H2,1-3H3,(H,14,16)(H,15,17)/t7-/m1/s1. The minimum absolute atomic E-state index is 0.176. The first-order valence-corrected chi connectivity index (χ1v) is 5.46. The van der Waals surface area contributed by atoms with Crippen molar-refractivity contribution in [3.05, 3.63) is 18.2 Å². The number of ether oxygens (including phenoxy) is 1. The highest BCUT2D eigenvalue weighted by molar-refractivity contribution is 5.96. The molecule has 0 aliphatic carbocycles. The predicted molar refractivity (Wildman–Crippen MR) is 69.6 cm³/mol. The Labute approximate surface area is 105 Å². The molecule has 0 fully saturated rings. The lowest BCUT2D eigenvalue weighted by atomic mass is 10.2. The number of amides is 2. The fourth-order valence-corrected chi connectivity index (χ4v) is 1.32. The molecule has 6 nitrogen and oxygen atoms in total. The summed E-state index contributed by atoms with van der Waals surface area (Å²) >= 11 is 0. The third-order valence-corrected chi connectivity index (χ3v) is 2.19. The molecule has 0 aliphatic heterocycles. The van der Waals surface area contributed by atoms with Crippen LogP contribution in [0.15, 0.2) is 18.2 Å². The molecule has 0 heterocycles. The van der Waals surface area contributed by atoms with Gasteiger partial charge in [-0.3, -0.25) is 9.59 Å². The molecule has 0 saturated carbocycles. The normalized spacial score (nSPS) is 11.6. The highest BCUT2D eigenvalue weighted by Crippen LogP contribution is 2.27. The fourth-order valence-electron chi connectivity index (χ4n) is 1.32. The third kappa shape index (κ3) is 3.74. The number of nitrogens with one attached hydrogen (secondary N) is 2. The van der Waals surface area contributed by atoms with Gasteiger partial charge in [0.1, 0.15) is 5.75 Å². The molecule has 1 rings (SSSR count). The molecule has 1 aromatic carbocycles. The van der Waals surface area contributed by atoms with E-state index in [2.05, 4.69) is 10.6 Å².